The van der Waals surface area contributed by atoms with Crippen molar-refractivity contribution in [2.75, 3.05) is 27.2 Å². The largest absolute Gasteiger partial charge is 0.492 e. The van der Waals surface area contributed by atoms with E-state index in [2.05, 4.69) is 4.90 Å². The monoisotopic (exact) mass is 222 g/mol. The van der Waals surface area contributed by atoms with Gasteiger partial charge in [-0.3, -0.25) is 0 Å². The summed E-state index contributed by atoms with van der Waals surface area (Å²) in [7, 11) is 4.06. The summed E-state index contributed by atoms with van der Waals surface area (Å²) in [4.78, 5) is 2.09. The van der Waals surface area contributed by atoms with Gasteiger partial charge >= 0.3 is 0 Å². The Balaban J connectivity index is 2.52. The van der Waals surface area contributed by atoms with Gasteiger partial charge in [0.2, 0.25) is 0 Å². The molecule has 0 atom stereocenters. The van der Waals surface area contributed by atoms with Gasteiger partial charge in [-0.25, -0.2) is 0 Å². The maximum Gasteiger partial charge on any atom is 0.119 e. The minimum absolute atomic E-state index is 0.290. The third-order valence-electron chi connectivity index (χ3n) is 2.41. The van der Waals surface area contributed by atoms with Crippen LogP contribution >= 0.6 is 0 Å². The second-order valence-corrected chi connectivity index (χ2v) is 4.90. The Kier molecular flexibility index (Phi) is 4.33. The summed E-state index contributed by atoms with van der Waals surface area (Å²) < 4.78 is 5.60. The zero-order chi connectivity index (χ0) is 12.2. The summed E-state index contributed by atoms with van der Waals surface area (Å²) in [5.74, 6) is 0.898. The molecule has 0 saturated carbocycles. The Hall–Kier alpha value is -1.06. The van der Waals surface area contributed by atoms with Crippen molar-refractivity contribution in [1.29, 1.82) is 0 Å². The number of likely N-dealkylation sites (N-methyl/N-ethyl adjacent to an activating group) is 1. The van der Waals surface area contributed by atoms with Crippen LogP contribution in [0.2, 0.25) is 0 Å². The first kappa shape index (κ1) is 13.0. The van der Waals surface area contributed by atoms with E-state index in [1.54, 1.807) is 0 Å². The van der Waals surface area contributed by atoms with Gasteiger partial charge in [-0.2, -0.15) is 0 Å². The molecule has 16 heavy (non-hydrogen) atoms. The van der Waals surface area contributed by atoms with Gasteiger partial charge in [-0.05, 0) is 45.6 Å². The van der Waals surface area contributed by atoms with Gasteiger partial charge in [-0.15, -0.1) is 0 Å². The standard InChI is InChI=1S/C13H22N2O/c1-13(2,14)11-5-7-12(8-6-11)16-10-9-15(3)4/h5-8H,9-10,14H2,1-4H3. The molecule has 90 valence electrons. The molecule has 0 unspecified atom stereocenters. The van der Waals surface area contributed by atoms with Gasteiger partial charge in [0.15, 0.2) is 0 Å². The van der Waals surface area contributed by atoms with E-state index in [0.29, 0.717) is 6.61 Å². The van der Waals surface area contributed by atoms with Crippen molar-refractivity contribution >= 4 is 0 Å². The maximum atomic E-state index is 6.00. The third-order valence-corrected chi connectivity index (χ3v) is 2.41. The number of rotatable bonds is 5. The van der Waals surface area contributed by atoms with Gasteiger partial charge in [-0.1, -0.05) is 12.1 Å². The molecule has 0 heterocycles. The van der Waals surface area contributed by atoms with Crippen LogP contribution in [0.3, 0.4) is 0 Å². The molecule has 0 aliphatic heterocycles. The minimum Gasteiger partial charge on any atom is -0.492 e. The minimum atomic E-state index is -0.290. The smallest absolute Gasteiger partial charge is 0.119 e. The molecule has 0 radical (unpaired) electrons. The lowest BCUT2D eigenvalue weighted by Gasteiger charge is -2.19. The molecule has 0 spiro atoms. The van der Waals surface area contributed by atoms with Crippen LogP contribution in [0.25, 0.3) is 0 Å². The Bertz CT molecular complexity index is 312. The quantitative estimate of drug-likeness (QED) is 0.826. The zero-order valence-electron chi connectivity index (χ0n) is 10.7. The molecule has 0 fully saturated rings. The van der Waals surface area contributed by atoms with Crippen LogP contribution in [0.5, 0.6) is 5.75 Å². The van der Waals surface area contributed by atoms with Crippen molar-refractivity contribution < 1.29 is 4.74 Å². The fourth-order valence-electron chi connectivity index (χ4n) is 1.33. The van der Waals surface area contributed by atoms with Crippen molar-refractivity contribution in [3.8, 4) is 5.75 Å². The van der Waals surface area contributed by atoms with E-state index < -0.39 is 0 Å². The molecule has 1 rings (SSSR count). The molecule has 1 aromatic carbocycles. The SMILES string of the molecule is CN(C)CCOc1ccc(C(C)(C)N)cc1. The van der Waals surface area contributed by atoms with E-state index in [0.717, 1.165) is 17.9 Å². The summed E-state index contributed by atoms with van der Waals surface area (Å²) in [5, 5.41) is 0. The van der Waals surface area contributed by atoms with Crippen LogP contribution in [0, 0.1) is 0 Å². The molecule has 0 saturated heterocycles. The number of benzene rings is 1. The Morgan fingerprint density at radius 2 is 1.75 bits per heavy atom. The molecule has 0 aliphatic carbocycles. The summed E-state index contributed by atoms with van der Waals surface area (Å²) >= 11 is 0. The van der Waals surface area contributed by atoms with Crippen molar-refractivity contribution in [3.63, 3.8) is 0 Å². The summed E-state index contributed by atoms with van der Waals surface area (Å²) in [6.07, 6.45) is 0. The lowest BCUT2D eigenvalue weighted by Crippen LogP contribution is -2.28. The number of nitrogens with zero attached hydrogens (tertiary/aromatic N) is 1. The fourth-order valence-corrected chi connectivity index (χ4v) is 1.33. The van der Waals surface area contributed by atoms with Crippen LogP contribution in [0.15, 0.2) is 24.3 Å². The number of ether oxygens (including phenoxy) is 1. The van der Waals surface area contributed by atoms with Gasteiger partial charge in [0.25, 0.3) is 0 Å². The molecule has 1 aromatic rings. The van der Waals surface area contributed by atoms with Gasteiger partial charge in [0.05, 0.1) is 0 Å². The second-order valence-electron chi connectivity index (χ2n) is 4.90. The first-order valence-electron chi connectivity index (χ1n) is 5.56. The maximum absolute atomic E-state index is 6.00. The average Bonchev–Trinajstić information content (AvgIpc) is 2.16. The van der Waals surface area contributed by atoms with Crippen LogP contribution in [-0.2, 0) is 5.54 Å². The van der Waals surface area contributed by atoms with Crippen LogP contribution in [0.1, 0.15) is 19.4 Å². The summed E-state index contributed by atoms with van der Waals surface area (Å²) in [6, 6.07) is 7.98. The summed E-state index contributed by atoms with van der Waals surface area (Å²) in [5.41, 5.74) is 6.83. The Morgan fingerprint density at radius 3 is 2.19 bits per heavy atom. The number of nitrogens with two attached hydrogens (primary N) is 1. The van der Waals surface area contributed by atoms with E-state index in [4.69, 9.17) is 10.5 Å². The van der Waals surface area contributed by atoms with E-state index >= 15 is 0 Å². The first-order valence-corrected chi connectivity index (χ1v) is 5.56. The van der Waals surface area contributed by atoms with Crippen LogP contribution < -0.4 is 10.5 Å². The van der Waals surface area contributed by atoms with E-state index in [1.165, 1.54) is 0 Å². The molecule has 0 aromatic heterocycles. The van der Waals surface area contributed by atoms with Crippen LogP contribution in [0.4, 0.5) is 0 Å². The average molecular weight is 222 g/mol. The Morgan fingerprint density at radius 1 is 1.19 bits per heavy atom. The molecular weight excluding hydrogens is 200 g/mol. The summed E-state index contributed by atoms with van der Waals surface area (Å²) in [6.45, 7) is 5.62. The molecule has 0 bridgehead atoms. The highest BCUT2D eigenvalue weighted by Gasteiger charge is 2.13. The molecule has 3 nitrogen and oxygen atoms in total. The lowest BCUT2D eigenvalue weighted by molar-refractivity contribution is 0.261. The molecule has 0 amide bonds. The van der Waals surface area contributed by atoms with Crippen molar-refractivity contribution in [2.24, 2.45) is 5.73 Å². The fraction of sp³-hybridized carbons (Fsp3) is 0.538. The predicted octanol–water partition coefficient (Wildman–Crippen LogP) is 1.82. The number of hydrogen-bond donors (Lipinski definition) is 1. The second kappa shape index (κ2) is 5.32. The van der Waals surface area contributed by atoms with Crippen molar-refractivity contribution in [1.82, 2.24) is 4.90 Å². The highest BCUT2D eigenvalue weighted by molar-refractivity contribution is 5.30. The normalized spacial score (nSPS) is 11.9. The molecule has 2 N–H and O–H groups in total. The molecule has 0 aliphatic rings. The Labute approximate surface area is 98.2 Å². The van der Waals surface area contributed by atoms with E-state index in [1.807, 2.05) is 52.2 Å². The number of hydrogen-bond acceptors (Lipinski definition) is 3. The first-order chi connectivity index (χ1) is 7.39. The van der Waals surface area contributed by atoms with Crippen molar-refractivity contribution in [2.45, 2.75) is 19.4 Å². The zero-order valence-corrected chi connectivity index (χ0v) is 10.7. The van der Waals surface area contributed by atoms with Gasteiger partial charge < -0.3 is 15.4 Å². The lowest BCUT2D eigenvalue weighted by atomic mass is 9.96. The molecular formula is C13H22N2O. The van der Waals surface area contributed by atoms with Gasteiger partial charge in [0, 0.05) is 12.1 Å². The predicted molar refractivity (Wildman–Crippen MR) is 67.7 cm³/mol. The van der Waals surface area contributed by atoms with Crippen molar-refractivity contribution in [3.05, 3.63) is 29.8 Å². The van der Waals surface area contributed by atoms with Crippen LogP contribution in [-0.4, -0.2) is 32.1 Å². The highest BCUT2D eigenvalue weighted by atomic mass is 16.5. The van der Waals surface area contributed by atoms with Gasteiger partial charge in [0.1, 0.15) is 12.4 Å². The van der Waals surface area contributed by atoms with E-state index in [-0.39, 0.29) is 5.54 Å². The third kappa shape index (κ3) is 4.21. The topological polar surface area (TPSA) is 38.5 Å². The highest BCUT2D eigenvalue weighted by Crippen LogP contribution is 2.20. The van der Waals surface area contributed by atoms with E-state index in [9.17, 15) is 0 Å². The molecule has 3 heteroatoms.